The molecule has 2 aromatic rings. The van der Waals surface area contributed by atoms with Crippen molar-refractivity contribution in [3.8, 4) is 0 Å². The number of anilines is 1. The fraction of sp³-hybridized carbons (Fsp3) is 0.381. The van der Waals surface area contributed by atoms with Gasteiger partial charge in [-0.15, -0.1) is 0 Å². The Morgan fingerprint density at radius 1 is 1.03 bits per heavy atom. The van der Waals surface area contributed by atoms with Crippen molar-refractivity contribution in [2.24, 2.45) is 10.4 Å². The van der Waals surface area contributed by atoms with Gasteiger partial charge in [-0.1, -0.05) is 35.3 Å². The molecule has 0 atom stereocenters. The third-order valence-electron chi connectivity index (χ3n) is 5.67. The Labute approximate surface area is 177 Å². The van der Waals surface area contributed by atoms with Gasteiger partial charge < -0.3 is 10.6 Å². The van der Waals surface area contributed by atoms with Crippen molar-refractivity contribution < 1.29 is 13.2 Å². The summed E-state index contributed by atoms with van der Waals surface area (Å²) >= 11 is 12.4. The second-order valence-electron chi connectivity index (χ2n) is 7.62. The van der Waals surface area contributed by atoms with Crippen LogP contribution in [-0.4, -0.2) is 18.9 Å². The largest absolute Gasteiger partial charge is 0.416 e. The van der Waals surface area contributed by atoms with Crippen LogP contribution in [0, 0.1) is 5.41 Å². The Morgan fingerprint density at radius 3 is 2.48 bits per heavy atom. The Kier molecular flexibility index (Phi) is 5.53. The number of nitrogens with one attached hydrogen (secondary N) is 2. The van der Waals surface area contributed by atoms with E-state index in [-0.39, 0.29) is 12.0 Å². The van der Waals surface area contributed by atoms with Crippen molar-refractivity contribution in [2.75, 3.05) is 18.4 Å². The molecule has 29 heavy (non-hydrogen) atoms. The van der Waals surface area contributed by atoms with Gasteiger partial charge in [0.05, 0.1) is 22.2 Å². The van der Waals surface area contributed by atoms with E-state index in [1.165, 1.54) is 6.07 Å². The number of halogens is 5. The van der Waals surface area contributed by atoms with Gasteiger partial charge in [-0.05, 0) is 67.7 Å². The summed E-state index contributed by atoms with van der Waals surface area (Å²) in [5.74, 6) is 0.808. The van der Waals surface area contributed by atoms with E-state index in [0.29, 0.717) is 15.6 Å². The van der Waals surface area contributed by atoms with Gasteiger partial charge in [0.1, 0.15) is 5.84 Å². The summed E-state index contributed by atoms with van der Waals surface area (Å²) in [6, 6.07) is 9.00. The quantitative estimate of drug-likeness (QED) is 0.603. The predicted octanol–water partition coefficient (Wildman–Crippen LogP) is 5.95. The number of benzene rings is 2. The van der Waals surface area contributed by atoms with Crippen molar-refractivity contribution in [1.82, 2.24) is 5.32 Å². The maximum atomic E-state index is 13.0. The first-order valence-corrected chi connectivity index (χ1v) is 10.2. The summed E-state index contributed by atoms with van der Waals surface area (Å²) in [6.45, 7) is 1.90. The number of piperidine rings is 1. The van der Waals surface area contributed by atoms with E-state index in [2.05, 4.69) is 10.6 Å². The second kappa shape index (κ2) is 7.82. The molecule has 0 radical (unpaired) electrons. The van der Waals surface area contributed by atoms with E-state index in [1.54, 1.807) is 12.1 Å². The molecule has 2 aromatic carbocycles. The SMILES string of the molecule is FC(F)(F)c1cccc(CN=C2Nc3cc(Cl)c(Cl)cc3CC23CCNCC3)c1. The molecule has 2 aliphatic rings. The molecule has 3 nitrogen and oxygen atoms in total. The van der Waals surface area contributed by atoms with Crippen molar-refractivity contribution in [1.29, 1.82) is 0 Å². The summed E-state index contributed by atoms with van der Waals surface area (Å²) in [5, 5.41) is 7.73. The lowest BCUT2D eigenvalue weighted by Gasteiger charge is -2.43. The second-order valence-corrected chi connectivity index (χ2v) is 8.43. The molecule has 8 heteroatoms. The van der Waals surface area contributed by atoms with Crippen molar-refractivity contribution in [2.45, 2.75) is 32.0 Å². The highest BCUT2D eigenvalue weighted by Crippen LogP contribution is 2.43. The summed E-state index contributed by atoms with van der Waals surface area (Å²) in [5.41, 5.74) is 1.62. The van der Waals surface area contributed by atoms with Crippen LogP contribution in [0.15, 0.2) is 41.4 Å². The van der Waals surface area contributed by atoms with Crippen LogP contribution >= 0.6 is 23.2 Å². The van der Waals surface area contributed by atoms with Crippen molar-refractivity contribution in [3.05, 3.63) is 63.1 Å². The molecule has 1 spiro atoms. The van der Waals surface area contributed by atoms with E-state index in [9.17, 15) is 13.2 Å². The van der Waals surface area contributed by atoms with Crippen LogP contribution < -0.4 is 10.6 Å². The third-order valence-corrected chi connectivity index (χ3v) is 6.39. The zero-order valence-electron chi connectivity index (χ0n) is 15.5. The lowest BCUT2D eigenvalue weighted by atomic mass is 9.71. The summed E-state index contributed by atoms with van der Waals surface area (Å²) in [4.78, 5) is 4.74. The maximum absolute atomic E-state index is 13.0. The number of hydrogen-bond acceptors (Lipinski definition) is 2. The summed E-state index contributed by atoms with van der Waals surface area (Å²) in [7, 11) is 0. The molecule has 0 unspecified atom stereocenters. The molecule has 0 bridgehead atoms. The first-order valence-electron chi connectivity index (χ1n) is 9.44. The highest BCUT2D eigenvalue weighted by atomic mass is 35.5. The van der Waals surface area contributed by atoms with Gasteiger partial charge in [-0.2, -0.15) is 13.2 Å². The smallest absolute Gasteiger partial charge is 0.343 e. The molecule has 0 amide bonds. The van der Waals surface area contributed by atoms with Gasteiger partial charge in [0, 0.05) is 11.1 Å². The summed E-state index contributed by atoms with van der Waals surface area (Å²) < 4.78 is 39.0. The molecule has 2 heterocycles. The van der Waals surface area contributed by atoms with Gasteiger partial charge in [0.2, 0.25) is 0 Å². The van der Waals surface area contributed by atoms with Gasteiger partial charge in [-0.25, -0.2) is 0 Å². The monoisotopic (exact) mass is 441 g/mol. The van der Waals surface area contributed by atoms with Crippen LogP contribution in [0.1, 0.15) is 29.5 Å². The molecule has 0 aromatic heterocycles. The first kappa shape index (κ1) is 20.5. The Bertz CT molecular complexity index is 951. The minimum Gasteiger partial charge on any atom is -0.343 e. The molecular formula is C21H20Cl2F3N3. The van der Waals surface area contributed by atoms with Crippen LogP contribution in [0.25, 0.3) is 0 Å². The molecule has 2 aliphatic heterocycles. The Balaban J connectivity index is 1.67. The Hall–Kier alpha value is -1.76. The predicted molar refractivity (Wildman–Crippen MR) is 111 cm³/mol. The number of hydrogen-bond donors (Lipinski definition) is 2. The maximum Gasteiger partial charge on any atom is 0.416 e. The van der Waals surface area contributed by atoms with E-state index in [0.717, 1.165) is 61.6 Å². The average Bonchev–Trinajstić information content (AvgIpc) is 2.68. The van der Waals surface area contributed by atoms with Crippen LogP contribution in [0.5, 0.6) is 0 Å². The van der Waals surface area contributed by atoms with Gasteiger partial charge >= 0.3 is 6.18 Å². The van der Waals surface area contributed by atoms with Crippen LogP contribution in [-0.2, 0) is 19.1 Å². The minimum atomic E-state index is -4.36. The van der Waals surface area contributed by atoms with Crippen LogP contribution in [0.2, 0.25) is 10.0 Å². The van der Waals surface area contributed by atoms with E-state index in [1.807, 2.05) is 6.07 Å². The highest BCUT2D eigenvalue weighted by Gasteiger charge is 2.41. The zero-order valence-corrected chi connectivity index (χ0v) is 17.1. The molecule has 4 rings (SSSR count). The first-order chi connectivity index (χ1) is 13.8. The zero-order chi connectivity index (χ0) is 20.6. The number of aliphatic imine (C=N–C) groups is 1. The van der Waals surface area contributed by atoms with Crippen molar-refractivity contribution >= 4 is 34.7 Å². The molecule has 0 aliphatic carbocycles. The number of alkyl halides is 3. The van der Waals surface area contributed by atoms with E-state index >= 15 is 0 Å². The van der Waals surface area contributed by atoms with Gasteiger partial charge in [-0.3, -0.25) is 4.99 Å². The molecule has 0 saturated carbocycles. The number of rotatable bonds is 2. The fourth-order valence-corrected chi connectivity index (χ4v) is 4.45. The number of fused-ring (bicyclic) bond motifs is 1. The fourth-order valence-electron chi connectivity index (χ4n) is 4.10. The normalized spacial score (nSPS) is 19.8. The third kappa shape index (κ3) is 4.25. The molecule has 2 N–H and O–H groups in total. The van der Waals surface area contributed by atoms with Gasteiger partial charge in [0.15, 0.2) is 0 Å². The topological polar surface area (TPSA) is 36.4 Å². The highest BCUT2D eigenvalue weighted by molar-refractivity contribution is 6.42. The average molecular weight is 442 g/mol. The van der Waals surface area contributed by atoms with Crippen molar-refractivity contribution in [3.63, 3.8) is 0 Å². The Morgan fingerprint density at radius 2 is 1.76 bits per heavy atom. The van der Waals surface area contributed by atoms with Crippen LogP contribution in [0.4, 0.5) is 18.9 Å². The lowest BCUT2D eigenvalue weighted by molar-refractivity contribution is -0.137. The molecule has 154 valence electrons. The van der Waals surface area contributed by atoms with Gasteiger partial charge in [0.25, 0.3) is 0 Å². The molecule has 1 fully saturated rings. The van der Waals surface area contributed by atoms with E-state index in [4.69, 9.17) is 28.2 Å². The lowest BCUT2D eigenvalue weighted by Crippen LogP contribution is -2.48. The number of nitrogens with zero attached hydrogens (tertiary/aromatic N) is 1. The standard InChI is InChI=1S/C21H20Cl2F3N3/c22-16-9-14-11-20(4-6-27-7-5-20)19(29-18(14)10-17(16)23)28-12-13-2-1-3-15(8-13)21(24,25)26/h1-3,8-10,27H,4-7,11-12H2,(H,28,29). The number of amidine groups is 1. The van der Waals surface area contributed by atoms with Crippen LogP contribution in [0.3, 0.4) is 0 Å². The molecule has 1 saturated heterocycles. The molecular weight excluding hydrogens is 422 g/mol. The summed E-state index contributed by atoms with van der Waals surface area (Å²) in [6.07, 6.45) is -1.81. The minimum absolute atomic E-state index is 0.179. The van der Waals surface area contributed by atoms with E-state index < -0.39 is 11.7 Å².